The van der Waals surface area contributed by atoms with Gasteiger partial charge in [-0.3, -0.25) is 0 Å². The van der Waals surface area contributed by atoms with Crippen LogP contribution in [0.1, 0.15) is 30.0 Å². The first-order valence-corrected chi connectivity index (χ1v) is 9.47. The molecule has 0 aliphatic carbocycles. The van der Waals surface area contributed by atoms with Gasteiger partial charge in [-0.15, -0.1) is 0 Å². The Labute approximate surface area is 170 Å². The van der Waals surface area contributed by atoms with Crippen LogP contribution in [0.15, 0.2) is 54.6 Å². The van der Waals surface area contributed by atoms with Crippen LogP contribution in [-0.2, 0) is 4.74 Å². The number of aromatic nitrogens is 2. The van der Waals surface area contributed by atoms with Crippen molar-refractivity contribution in [3.8, 4) is 5.75 Å². The van der Waals surface area contributed by atoms with E-state index in [1.807, 2.05) is 56.3 Å². The molecule has 0 spiro atoms. The molecule has 3 aromatic rings. The van der Waals surface area contributed by atoms with E-state index in [1.54, 1.807) is 19.1 Å². The Balaban J connectivity index is 1.71. The number of hydrogen-bond donors (Lipinski definition) is 2. The Hall–Kier alpha value is -3.61. The average Bonchev–Trinajstić information content (AvgIpc) is 2.70. The van der Waals surface area contributed by atoms with E-state index < -0.39 is 0 Å². The fraction of sp³-hybridized carbons (Fsp3) is 0.227. The second-order valence-corrected chi connectivity index (χ2v) is 6.19. The predicted octanol–water partition coefficient (Wildman–Crippen LogP) is 4.85. The van der Waals surface area contributed by atoms with E-state index in [0.29, 0.717) is 36.2 Å². The van der Waals surface area contributed by atoms with Crippen molar-refractivity contribution in [2.45, 2.75) is 20.8 Å². The van der Waals surface area contributed by atoms with Crippen LogP contribution in [0.2, 0.25) is 0 Å². The molecule has 1 heterocycles. The summed E-state index contributed by atoms with van der Waals surface area (Å²) in [6, 6.07) is 16.6. The van der Waals surface area contributed by atoms with E-state index in [9.17, 15) is 4.79 Å². The van der Waals surface area contributed by atoms with Crippen molar-refractivity contribution in [1.82, 2.24) is 9.97 Å². The second-order valence-electron chi connectivity index (χ2n) is 6.19. The molecule has 0 saturated carbocycles. The standard InChI is InChI=1S/C22H24N4O3/c1-4-28-19-12-10-18(11-13-19)26-21-14-20(23-15(3)24-21)25-17-8-6-16(7-9-17)22(27)29-5-2/h6-14H,4-5H2,1-3H3,(H2,23,24,25,26). The topological polar surface area (TPSA) is 85.4 Å². The van der Waals surface area contributed by atoms with Crippen LogP contribution in [-0.4, -0.2) is 29.2 Å². The summed E-state index contributed by atoms with van der Waals surface area (Å²) in [7, 11) is 0. The van der Waals surface area contributed by atoms with Crippen LogP contribution in [0.25, 0.3) is 0 Å². The molecule has 0 bridgehead atoms. The van der Waals surface area contributed by atoms with Gasteiger partial charge in [0.05, 0.1) is 18.8 Å². The number of benzene rings is 2. The maximum Gasteiger partial charge on any atom is 0.338 e. The Morgan fingerprint density at radius 2 is 1.41 bits per heavy atom. The molecule has 0 aliphatic heterocycles. The normalized spacial score (nSPS) is 10.3. The van der Waals surface area contributed by atoms with E-state index in [2.05, 4.69) is 20.6 Å². The highest BCUT2D eigenvalue weighted by atomic mass is 16.5. The zero-order valence-electron chi connectivity index (χ0n) is 16.7. The van der Waals surface area contributed by atoms with Gasteiger partial charge in [-0.05, 0) is 69.3 Å². The Morgan fingerprint density at radius 1 is 0.862 bits per heavy atom. The van der Waals surface area contributed by atoms with Crippen LogP contribution in [0.3, 0.4) is 0 Å². The summed E-state index contributed by atoms with van der Waals surface area (Å²) >= 11 is 0. The van der Waals surface area contributed by atoms with Gasteiger partial charge in [-0.25, -0.2) is 14.8 Å². The first-order chi connectivity index (χ1) is 14.1. The smallest absolute Gasteiger partial charge is 0.338 e. The number of carbonyl (C=O) groups is 1. The average molecular weight is 392 g/mol. The maximum atomic E-state index is 11.8. The minimum absolute atomic E-state index is 0.334. The van der Waals surface area contributed by atoms with E-state index in [-0.39, 0.29) is 5.97 Å². The van der Waals surface area contributed by atoms with Gasteiger partial charge in [0.1, 0.15) is 23.2 Å². The van der Waals surface area contributed by atoms with Crippen LogP contribution < -0.4 is 15.4 Å². The summed E-state index contributed by atoms with van der Waals surface area (Å²) in [6.07, 6.45) is 0. The number of anilines is 4. The Kier molecular flexibility index (Phi) is 6.63. The number of esters is 1. The molecule has 3 rings (SSSR count). The highest BCUT2D eigenvalue weighted by Crippen LogP contribution is 2.22. The maximum absolute atomic E-state index is 11.8. The molecule has 0 fully saturated rings. The van der Waals surface area contributed by atoms with E-state index >= 15 is 0 Å². The van der Waals surface area contributed by atoms with Crippen LogP contribution in [0.5, 0.6) is 5.75 Å². The first kappa shape index (κ1) is 20.1. The van der Waals surface area contributed by atoms with Crippen LogP contribution >= 0.6 is 0 Å². The Morgan fingerprint density at radius 3 is 1.93 bits per heavy atom. The molecule has 0 atom stereocenters. The lowest BCUT2D eigenvalue weighted by molar-refractivity contribution is 0.0526. The zero-order chi connectivity index (χ0) is 20.6. The molecule has 7 nitrogen and oxygen atoms in total. The van der Waals surface area contributed by atoms with Gasteiger partial charge >= 0.3 is 5.97 Å². The second kappa shape index (κ2) is 9.54. The van der Waals surface area contributed by atoms with Gasteiger partial charge < -0.3 is 20.1 Å². The van der Waals surface area contributed by atoms with Crippen molar-refractivity contribution in [1.29, 1.82) is 0 Å². The lowest BCUT2D eigenvalue weighted by atomic mass is 10.2. The van der Waals surface area contributed by atoms with Crippen molar-refractivity contribution >= 4 is 29.0 Å². The molecule has 0 aliphatic rings. The van der Waals surface area contributed by atoms with Crippen LogP contribution in [0, 0.1) is 6.92 Å². The number of hydrogen-bond acceptors (Lipinski definition) is 7. The van der Waals surface area contributed by atoms with E-state index in [4.69, 9.17) is 9.47 Å². The molecule has 0 amide bonds. The van der Waals surface area contributed by atoms with Gasteiger partial charge in [-0.2, -0.15) is 0 Å². The molecule has 2 aromatic carbocycles. The summed E-state index contributed by atoms with van der Waals surface area (Å²) in [5.74, 6) is 2.44. The van der Waals surface area contributed by atoms with Crippen molar-refractivity contribution < 1.29 is 14.3 Å². The van der Waals surface area contributed by atoms with Gasteiger partial charge in [0.25, 0.3) is 0 Å². The lowest BCUT2D eigenvalue weighted by Gasteiger charge is -2.11. The highest BCUT2D eigenvalue weighted by Gasteiger charge is 2.07. The summed E-state index contributed by atoms with van der Waals surface area (Å²) in [4.78, 5) is 20.6. The Bertz CT molecular complexity index is 957. The number of nitrogens with zero attached hydrogens (tertiary/aromatic N) is 2. The number of aryl methyl sites for hydroxylation is 1. The minimum Gasteiger partial charge on any atom is -0.494 e. The van der Waals surface area contributed by atoms with Crippen molar-refractivity contribution in [2.75, 3.05) is 23.8 Å². The number of nitrogens with one attached hydrogen (secondary N) is 2. The molecular formula is C22H24N4O3. The third kappa shape index (κ3) is 5.68. The molecule has 0 unspecified atom stereocenters. The third-order valence-electron chi connectivity index (χ3n) is 3.94. The highest BCUT2D eigenvalue weighted by molar-refractivity contribution is 5.89. The van der Waals surface area contributed by atoms with E-state index in [0.717, 1.165) is 17.1 Å². The van der Waals surface area contributed by atoms with Crippen LogP contribution in [0.4, 0.5) is 23.0 Å². The van der Waals surface area contributed by atoms with Gasteiger partial charge in [0.15, 0.2) is 0 Å². The molecule has 0 radical (unpaired) electrons. The number of ether oxygens (including phenoxy) is 2. The number of rotatable bonds is 8. The van der Waals surface area contributed by atoms with Crippen molar-refractivity contribution in [3.05, 3.63) is 66.0 Å². The molecule has 29 heavy (non-hydrogen) atoms. The fourth-order valence-corrected chi connectivity index (χ4v) is 2.70. The number of carbonyl (C=O) groups excluding carboxylic acids is 1. The van der Waals surface area contributed by atoms with Crippen molar-refractivity contribution in [3.63, 3.8) is 0 Å². The molecule has 2 N–H and O–H groups in total. The molecule has 150 valence electrons. The zero-order valence-corrected chi connectivity index (χ0v) is 16.7. The quantitative estimate of drug-likeness (QED) is 0.530. The lowest BCUT2D eigenvalue weighted by Crippen LogP contribution is -2.05. The van der Waals surface area contributed by atoms with Gasteiger partial charge in [-0.1, -0.05) is 0 Å². The first-order valence-electron chi connectivity index (χ1n) is 9.47. The monoisotopic (exact) mass is 392 g/mol. The molecule has 1 aromatic heterocycles. The predicted molar refractivity (Wildman–Crippen MR) is 113 cm³/mol. The summed E-state index contributed by atoms with van der Waals surface area (Å²) in [5, 5.41) is 6.50. The summed E-state index contributed by atoms with van der Waals surface area (Å²) in [6.45, 7) is 6.55. The van der Waals surface area contributed by atoms with Gasteiger partial charge in [0, 0.05) is 17.4 Å². The third-order valence-corrected chi connectivity index (χ3v) is 3.94. The SMILES string of the molecule is CCOC(=O)c1ccc(Nc2cc(Nc3ccc(OCC)cc3)nc(C)n2)cc1. The van der Waals surface area contributed by atoms with Crippen molar-refractivity contribution in [2.24, 2.45) is 0 Å². The minimum atomic E-state index is -0.334. The molecule has 0 saturated heterocycles. The van der Waals surface area contributed by atoms with Gasteiger partial charge in [0.2, 0.25) is 0 Å². The molecular weight excluding hydrogens is 368 g/mol. The van der Waals surface area contributed by atoms with E-state index in [1.165, 1.54) is 0 Å². The fourth-order valence-electron chi connectivity index (χ4n) is 2.70. The largest absolute Gasteiger partial charge is 0.494 e. The molecule has 7 heteroatoms. The summed E-state index contributed by atoms with van der Waals surface area (Å²) in [5.41, 5.74) is 2.22. The summed E-state index contributed by atoms with van der Waals surface area (Å²) < 4.78 is 10.5.